The Balaban J connectivity index is 1.76. The topological polar surface area (TPSA) is 89.9 Å². The molecule has 0 bridgehead atoms. The quantitative estimate of drug-likeness (QED) is 0.645. The van der Waals surface area contributed by atoms with Gasteiger partial charge in [0.05, 0.1) is 10.9 Å². The molecular weight excluding hydrogens is 388 g/mol. The smallest absolute Gasteiger partial charge is 0.243 e. The Kier molecular flexibility index (Phi) is 5.04. The van der Waals surface area contributed by atoms with Crippen molar-refractivity contribution in [3.8, 4) is 11.5 Å². The first kappa shape index (κ1) is 19.8. The highest BCUT2D eigenvalue weighted by Gasteiger charge is 2.39. The maximum Gasteiger partial charge on any atom is 0.243 e. The molecule has 1 heterocycles. The van der Waals surface area contributed by atoms with E-state index in [4.69, 9.17) is 0 Å². The summed E-state index contributed by atoms with van der Waals surface area (Å²) in [7, 11) is -3.53. The summed E-state index contributed by atoms with van der Waals surface area (Å²) in [5, 5.41) is 23.5. The van der Waals surface area contributed by atoms with Gasteiger partial charge in [0.15, 0.2) is 0 Å². The van der Waals surface area contributed by atoms with E-state index in [1.54, 1.807) is 24.3 Å². The number of rotatable bonds is 5. The Morgan fingerprint density at radius 2 is 1.83 bits per heavy atom. The molecule has 0 radical (unpaired) electrons. The number of sulfonamides is 1. The van der Waals surface area contributed by atoms with Gasteiger partial charge < -0.3 is 15.5 Å². The lowest BCUT2D eigenvalue weighted by Gasteiger charge is -2.38. The van der Waals surface area contributed by atoms with E-state index in [1.165, 1.54) is 10.4 Å². The van der Waals surface area contributed by atoms with Gasteiger partial charge in [-0.25, -0.2) is 8.42 Å². The zero-order valence-electron chi connectivity index (χ0n) is 16.5. The summed E-state index contributed by atoms with van der Waals surface area (Å²) in [4.78, 5) is 0.312. The SMILES string of the molecule is CCN(CC)S(=O)(=O)c1ccc2c(c1)C1C=CCC1C(c1ccc(O)cc1O)N2. The van der Waals surface area contributed by atoms with Crippen molar-refractivity contribution in [3.05, 3.63) is 59.7 Å². The highest BCUT2D eigenvalue weighted by atomic mass is 32.2. The molecule has 2 aromatic rings. The van der Waals surface area contributed by atoms with E-state index in [-0.39, 0.29) is 29.4 Å². The molecular formula is C22H26N2O4S. The molecule has 1 aliphatic carbocycles. The minimum absolute atomic E-state index is 0.0230. The number of aromatic hydroxyl groups is 2. The molecule has 154 valence electrons. The van der Waals surface area contributed by atoms with E-state index < -0.39 is 10.0 Å². The minimum atomic E-state index is -3.53. The van der Waals surface area contributed by atoms with Crippen LogP contribution in [0.2, 0.25) is 0 Å². The lowest BCUT2D eigenvalue weighted by Crippen LogP contribution is -2.32. The molecule has 0 fully saturated rings. The highest BCUT2D eigenvalue weighted by Crippen LogP contribution is 2.51. The van der Waals surface area contributed by atoms with E-state index >= 15 is 0 Å². The zero-order chi connectivity index (χ0) is 20.8. The Morgan fingerprint density at radius 1 is 1.07 bits per heavy atom. The summed E-state index contributed by atoms with van der Waals surface area (Å²) in [6.07, 6.45) is 5.07. The summed E-state index contributed by atoms with van der Waals surface area (Å²) >= 11 is 0. The summed E-state index contributed by atoms with van der Waals surface area (Å²) in [6, 6.07) is 9.78. The fraction of sp³-hybridized carbons (Fsp3) is 0.364. The van der Waals surface area contributed by atoms with E-state index in [0.717, 1.165) is 23.2 Å². The Hall–Kier alpha value is -2.51. The van der Waals surface area contributed by atoms with Crippen molar-refractivity contribution in [2.24, 2.45) is 5.92 Å². The third kappa shape index (κ3) is 3.28. The Labute approximate surface area is 171 Å². The van der Waals surface area contributed by atoms with Crippen LogP contribution < -0.4 is 5.32 Å². The van der Waals surface area contributed by atoms with Crippen molar-refractivity contribution in [2.75, 3.05) is 18.4 Å². The van der Waals surface area contributed by atoms with Crippen LogP contribution in [0.1, 0.15) is 43.4 Å². The van der Waals surface area contributed by atoms with Crippen molar-refractivity contribution in [2.45, 2.75) is 37.1 Å². The molecule has 0 saturated carbocycles. The number of fused-ring (bicyclic) bond motifs is 3. The van der Waals surface area contributed by atoms with Gasteiger partial charge in [-0.15, -0.1) is 0 Å². The Bertz CT molecular complexity index is 1060. The van der Waals surface area contributed by atoms with Gasteiger partial charge >= 0.3 is 0 Å². The number of benzene rings is 2. The van der Waals surface area contributed by atoms with Crippen molar-refractivity contribution in [3.63, 3.8) is 0 Å². The molecule has 0 saturated heterocycles. The van der Waals surface area contributed by atoms with Gasteiger partial charge in [-0.05, 0) is 48.2 Å². The van der Waals surface area contributed by atoms with E-state index in [9.17, 15) is 18.6 Å². The van der Waals surface area contributed by atoms with Crippen LogP contribution in [0.4, 0.5) is 5.69 Å². The van der Waals surface area contributed by atoms with Crippen molar-refractivity contribution < 1.29 is 18.6 Å². The van der Waals surface area contributed by atoms with Gasteiger partial charge in [0.2, 0.25) is 10.0 Å². The largest absolute Gasteiger partial charge is 0.508 e. The molecule has 3 N–H and O–H groups in total. The maximum absolute atomic E-state index is 13.0. The molecule has 7 heteroatoms. The molecule has 2 aromatic carbocycles. The number of nitrogens with zero attached hydrogens (tertiary/aromatic N) is 1. The van der Waals surface area contributed by atoms with Crippen LogP contribution in [0, 0.1) is 5.92 Å². The second kappa shape index (κ2) is 7.39. The van der Waals surface area contributed by atoms with E-state index in [2.05, 4.69) is 17.5 Å². The molecule has 0 spiro atoms. The molecule has 29 heavy (non-hydrogen) atoms. The van der Waals surface area contributed by atoms with Gasteiger partial charge in [-0.3, -0.25) is 0 Å². The monoisotopic (exact) mass is 414 g/mol. The number of nitrogens with one attached hydrogen (secondary N) is 1. The Morgan fingerprint density at radius 3 is 2.52 bits per heavy atom. The van der Waals surface area contributed by atoms with Gasteiger partial charge in [-0.1, -0.05) is 26.0 Å². The fourth-order valence-electron chi connectivity index (χ4n) is 4.55. The molecule has 0 amide bonds. The number of phenols is 2. The van der Waals surface area contributed by atoms with Gasteiger partial charge in [0.1, 0.15) is 11.5 Å². The standard InChI is InChI=1S/C22H26N2O4S/c1-3-24(4-2)29(27,28)15-9-11-20-19(13-15)16-6-5-7-17(16)22(23-20)18-10-8-14(25)12-21(18)26/h5-6,8-13,16-17,22-23,25-26H,3-4,7H2,1-2H3. The predicted molar refractivity (Wildman–Crippen MR) is 113 cm³/mol. The minimum Gasteiger partial charge on any atom is -0.508 e. The summed E-state index contributed by atoms with van der Waals surface area (Å²) in [5.74, 6) is 0.299. The molecule has 3 unspecified atom stereocenters. The molecule has 3 atom stereocenters. The lowest BCUT2D eigenvalue weighted by atomic mass is 9.77. The van der Waals surface area contributed by atoms with Crippen molar-refractivity contribution in [1.29, 1.82) is 0 Å². The van der Waals surface area contributed by atoms with Crippen LogP contribution in [0.3, 0.4) is 0 Å². The first-order chi connectivity index (χ1) is 13.9. The number of hydrogen-bond donors (Lipinski definition) is 3. The van der Waals surface area contributed by atoms with E-state index in [0.29, 0.717) is 18.0 Å². The first-order valence-electron chi connectivity index (χ1n) is 9.96. The lowest BCUT2D eigenvalue weighted by molar-refractivity contribution is 0.398. The number of hydrogen-bond acceptors (Lipinski definition) is 5. The number of allylic oxidation sites excluding steroid dienone is 2. The van der Waals surface area contributed by atoms with Crippen LogP contribution in [0.5, 0.6) is 11.5 Å². The molecule has 0 aromatic heterocycles. The summed E-state index contributed by atoms with van der Waals surface area (Å²) in [5.41, 5.74) is 2.56. The summed E-state index contributed by atoms with van der Waals surface area (Å²) in [6.45, 7) is 4.54. The van der Waals surface area contributed by atoms with Crippen molar-refractivity contribution >= 4 is 15.7 Å². The van der Waals surface area contributed by atoms with Gasteiger partial charge in [-0.2, -0.15) is 4.31 Å². The first-order valence-corrected chi connectivity index (χ1v) is 11.4. The second-order valence-corrected chi connectivity index (χ2v) is 9.49. The third-order valence-electron chi connectivity index (χ3n) is 6.03. The van der Waals surface area contributed by atoms with Crippen LogP contribution in [-0.4, -0.2) is 36.0 Å². The van der Waals surface area contributed by atoms with Crippen LogP contribution in [0.15, 0.2) is 53.4 Å². The fourth-order valence-corrected chi connectivity index (χ4v) is 6.04. The number of anilines is 1. The number of phenolic OH excluding ortho intramolecular Hbond substituents is 2. The van der Waals surface area contributed by atoms with Gasteiger partial charge in [0, 0.05) is 36.3 Å². The van der Waals surface area contributed by atoms with Crippen molar-refractivity contribution in [1.82, 2.24) is 4.31 Å². The van der Waals surface area contributed by atoms with Crippen LogP contribution >= 0.6 is 0 Å². The summed E-state index contributed by atoms with van der Waals surface area (Å²) < 4.78 is 27.4. The van der Waals surface area contributed by atoms with Gasteiger partial charge in [0.25, 0.3) is 0 Å². The predicted octanol–water partition coefficient (Wildman–Crippen LogP) is 3.95. The normalized spacial score (nSPS) is 22.9. The maximum atomic E-state index is 13.0. The van der Waals surface area contributed by atoms with Crippen LogP contribution in [-0.2, 0) is 10.0 Å². The second-order valence-electron chi connectivity index (χ2n) is 7.56. The third-order valence-corrected chi connectivity index (χ3v) is 8.07. The van der Waals surface area contributed by atoms with Crippen LogP contribution in [0.25, 0.3) is 0 Å². The molecule has 6 nitrogen and oxygen atoms in total. The zero-order valence-corrected chi connectivity index (χ0v) is 17.4. The molecule has 1 aliphatic heterocycles. The molecule has 2 aliphatic rings. The highest BCUT2D eigenvalue weighted by molar-refractivity contribution is 7.89. The average Bonchev–Trinajstić information content (AvgIpc) is 3.18. The van der Waals surface area contributed by atoms with E-state index in [1.807, 2.05) is 19.9 Å². The average molecular weight is 415 g/mol. The molecule has 4 rings (SSSR count).